The second-order valence-corrected chi connectivity index (χ2v) is 9.09. The van der Waals surface area contributed by atoms with Crippen molar-refractivity contribution in [2.45, 2.75) is 0 Å². The molecule has 0 aliphatic carbocycles. The van der Waals surface area contributed by atoms with Crippen LogP contribution < -0.4 is 0 Å². The molecule has 5 aromatic rings. The molecule has 0 unspecified atom stereocenters. The van der Waals surface area contributed by atoms with Gasteiger partial charge in [0.25, 0.3) is 0 Å². The van der Waals surface area contributed by atoms with Crippen LogP contribution in [0.15, 0.2) is 133 Å². The lowest BCUT2D eigenvalue weighted by Gasteiger charge is -2.10. The van der Waals surface area contributed by atoms with Gasteiger partial charge in [-0.2, -0.15) is 0 Å². The second-order valence-electron chi connectivity index (χ2n) is 9.09. The van der Waals surface area contributed by atoms with Crippen LogP contribution in [0.2, 0.25) is 0 Å². The highest BCUT2D eigenvalue weighted by Gasteiger charge is 2.05. The van der Waals surface area contributed by atoms with Gasteiger partial charge in [-0.15, -0.1) is 0 Å². The molecule has 0 saturated heterocycles. The van der Waals surface area contributed by atoms with Crippen molar-refractivity contribution >= 4 is 48.6 Å². The van der Waals surface area contributed by atoms with Gasteiger partial charge in [0.1, 0.15) is 0 Å². The lowest BCUT2D eigenvalue weighted by molar-refractivity contribution is 1.55. The first kappa shape index (κ1) is 24.7. The smallest absolute Gasteiger partial charge is 0.0177 e. The van der Waals surface area contributed by atoms with Crippen molar-refractivity contribution in [2.75, 3.05) is 0 Å². The Balaban J connectivity index is 1.60. The van der Waals surface area contributed by atoms with Gasteiger partial charge in [0, 0.05) is 0 Å². The number of benzene rings is 5. The highest BCUT2D eigenvalue weighted by molar-refractivity contribution is 5.86. The van der Waals surface area contributed by atoms with E-state index in [0.29, 0.717) is 0 Å². The molecule has 0 atom stereocenters. The lowest BCUT2D eigenvalue weighted by atomic mass is 9.95. The third kappa shape index (κ3) is 7.06. The van der Waals surface area contributed by atoms with Gasteiger partial charge in [0.05, 0.1) is 0 Å². The van der Waals surface area contributed by atoms with E-state index in [1.807, 2.05) is 24.3 Å². The third-order valence-corrected chi connectivity index (χ3v) is 6.31. The molecule has 0 spiro atoms. The molecule has 0 fully saturated rings. The zero-order valence-corrected chi connectivity index (χ0v) is 21.3. The molecular weight excluding hydrogens is 456 g/mol. The van der Waals surface area contributed by atoms with Crippen LogP contribution in [-0.2, 0) is 0 Å². The summed E-state index contributed by atoms with van der Waals surface area (Å²) in [6.45, 7) is 0. The van der Waals surface area contributed by atoms with Crippen LogP contribution in [-0.4, -0.2) is 0 Å². The SMILES string of the molecule is C(=C\c1cc(/C=C/c2ccccc2)c(/C=C/c2ccccc2)cc1/C=C/c1ccccc1)/c1ccccc1. The largest absolute Gasteiger partial charge is 0.0622 e. The topological polar surface area (TPSA) is 0 Å². The average molecular weight is 487 g/mol. The molecular formula is C38H30. The summed E-state index contributed by atoms with van der Waals surface area (Å²) in [4.78, 5) is 0. The summed E-state index contributed by atoms with van der Waals surface area (Å²) in [5, 5.41) is 0. The van der Waals surface area contributed by atoms with Crippen molar-refractivity contribution in [3.8, 4) is 0 Å². The highest BCUT2D eigenvalue weighted by Crippen LogP contribution is 2.26. The molecule has 0 aliphatic heterocycles. The molecule has 0 bridgehead atoms. The fourth-order valence-electron chi connectivity index (χ4n) is 4.25. The Morgan fingerprint density at radius 3 is 0.658 bits per heavy atom. The minimum Gasteiger partial charge on any atom is -0.0622 e. The van der Waals surface area contributed by atoms with Crippen LogP contribution in [0.1, 0.15) is 44.5 Å². The lowest BCUT2D eigenvalue weighted by Crippen LogP contribution is -1.89. The van der Waals surface area contributed by atoms with Crippen LogP contribution >= 0.6 is 0 Å². The summed E-state index contributed by atoms with van der Waals surface area (Å²) < 4.78 is 0. The van der Waals surface area contributed by atoms with E-state index < -0.39 is 0 Å². The van der Waals surface area contributed by atoms with Gasteiger partial charge in [-0.25, -0.2) is 0 Å². The molecule has 38 heavy (non-hydrogen) atoms. The van der Waals surface area contributed by atoms with Crippen LogP contribution in [0.3, 0.4) is 0 Å². The predicted molar refractivity (Wildman–Crippen MR) is 168 cm³/mol. The number of rotatable bonds is 8. The maximum atomic E-state index is 2.29. The number of hydrogen-bond donors (Lipinski definition) is 0. The summed E-state index contributed by atoms with van der Waals surface area (Å²) in [6.07, 6.45) is 17.6. The van der Waals surface area contributed by atoms with Crippen LogP contribution in [0.4, 0.5) is 0 Å². The molecule has 0 nitrogen and oxygen atoms in total. The van der Waals surface area contributed by atoms with E-state index in [0.717, 1.165) is 0 Å². The van der Waals surface area contributed by atoms with Gasteiger partial charge in [-0.05, 0) is 56.6 Å². The molecule has 0 aliphatic rings. The van der Waals surface area contributed by atoms with E-state index in [1.165, 1.54) is 44.5 Å². The fourth-order valence-corrected chi connectivity index (χ4v) is 4.25. The van der Waals surface area contributed by atoms with Crippen molar-refractivity contribution in [3.63, 3.8) is 0 Å². The normalized spacial score (nSPS) is 11.8. The van der Waals surface area contributed by atoms with E-state index in [-0.39, 0.29) is 0 Å². The van der Waals surface area contributed by atoms with Gasteiger partial charge < -0.3 is 0 Å². The molecule has 0 aromatic heterocycles. The molecule has 0 heterocycles. The summed E-state index contributed by atoms with van der Waals surface area (Å²) in [7, 11) is 0. The van der Waals surface area contributed by atoms with Gasteiger partial charge in [0.15, 0.2) is 0 Å². The first-order valence-electron chi connectivity index (χ1n) is 12.9. The van der Waals surface area contributed by atoms with Crippen LogP contribution in [0.5, 0.6) is 0 Å². The first-order chi connectivity index (χ1) is 18.8. The molecule has 0 N–H and O–H groups in total. The van der Waals surface area contributed by atoms with Gasteiger partial charge in [-0.3, -0.25) is 0 Å². The Labute approximate surface area is 226 Å². The Bertz CT molecular complexity index is 1310. The van der Waals surface area contributed by atoms with E-state index in [9.17, 15) is 0 Å². The third-order valence-electron chi connectivity index (χ3n) is 6.31. The molecule has 5 rings (SSSR count). The van der Waals surface area contributed by atoms with Gasteiger partial charge >= 0.3 is 0 Å². The summed E-state index contributed by atoms with van der Waals surface area (Å²) in [5.74, 6) is 0. The molecule has 0 radical (unpaired) electrons. The maximum Gasteiger partial charge on any atom is -0.0177 e. The van der Waals surface area contributed by atoms with E-state index in [2.05, 4.69) is 158 Å². The summed E-state index contributed by atoms with van der Waals surface area (Å²) in [6, 6.07) is 46.4. The Kier molecular flexibility index (Phi) is 8.37. The zero-order chi connectivity index (χ0) is 25.8. The van der Waals surface area contributed by atoms with Crippen molar-refractivity contribution < 1.29 is 0 Å². The predicted octanol–water partition coefficient (Wildman–Crippen LogP) is 10.4. The molecule has 0 saturated carbocycles. The molecule has 0 heteroatoms. The van der Waals surface area contributed by atoms with Crippen LogP contribution in [0, 0.1) is 0 Å². The Morgan fingerprint density at radius 1 is 0.237 bits per heavy atom. The maximum absolute atomic E-state index is 2.29. The van der Waals surface area contributed by atoms with E-state index in [1.54, 1.807) is 0 Å². The van der Waals surface area contributed by atoms with Gasteiger partial charge in [-0.1, -0.05) is 170 Å². The first-order valence-corrected chi connectivity index (χ1v) is 12.9. The van der Waals surface area contributed by atoms with Crippen molar-refractivity contribution in [1.29, 1.82) is 0 Å². The van der Waals surface area contributed by atoms with Crippen LogP contribution in [0.25, 0.3) is 48.6 Å². The van der Waals surface area contributed by atoms with Gasteiger partial charge in [0.2, 0.25) is 0 Å². The summed E-state index contributed by atoms with van der Waals surface area (Å²) in [5.41, 5.74) is 9.41. The minimum atomic E-state index is 1.17. The van der Waals surface area contributed by atoms with E-state index >= 15 is 0 Å². The van der Waals surface area contributed by atoms with Crippen molar-refractivity contribution in [2.24, 2.45) is 0 Å². The summed E-state index contributed by atoms with van der Waals surface area (Å²) >= 11 is 0. The monoisotopic (exact) mass is 486 g/mol. The molecule has 0 amide bonds. The van der Waals surface area contributed by atoms with Crippen molar-refractivity contribution in [3.05, 3.63) is 178 Å². The number of hydrogen-bond acceptors (Lipinski definition) is 0. The van der Waals surface area contributed by atoms with E-state index in [4.69, 9.17) is 0 Å². The Hall–Kier alpha value is -4.94. The quantitative estimate of drug-likeness (QED) is 0.191. The Morgan fingerprint density at radius 2 is 0.447 bits per heavy atom. The van der Waals surface area contributed by atoms with Crippen molar-refractivity contribution in [1.82, 2.24) is 0 Å². The second kappa shape index (κ2) is 12.9. The highest BCUT2D eigenvalue weighted by atomic mass is 14.1. The molecule has 5 aromatic carbocycles. The zero-order valence-electron chi connectivity index (χ0n) is 21.3. The average Bonchev–Trinajstić information content (AvgIpc) is 2.99. The molecule has 182 valence electrons. The fraction of sp³-hybridized carbons (Fsp3) is 0. The standard InChI is InChI=1S/C38H30/c1-5-13-31(14-6-1)21-25-35-29-37(27-23-33-17-9-3-10-18-33)38(28-24-34-19-11-4-12-20-34)30-36(35)26-22-32-15-7-2-8-16-32/h1-30H/b25-21+,26-22+,27-23+,28-24+. The minimum absolute atomic E-state index is 1.17.